The monoisotopic (exact) mass is 349 g/mol. The van der Waals surface area contributed by atoms with E-state index in [0.29, 0.717) is 6.54 Å². The maximum absolute atomic E-state index is 11.6. The normalized spacial score (nSPS) is 10.7. The smallest absolute Gasteiger partial charge is 0.331 e. The van der Waals surface area contributed by atoms with E-state index < -0.39 is 5.97 Å². The van der Waals surface area contributed by atoms with Crippen LogP contribution in [0.4, 0.5) is 0 Å². The molecule has 2 heterocycles. The summed E-state index contributed by atoms with van der Waals surface area (Å²) in [6.45, 7) is 0.389. The van der Waals surface area contributed by atoms with Crippen LogP contribution in [0.1, 0.15) is 11.1 Å². The first kappa shape index (κ1) is 16.7. The number of rotatable bonds is 6. The van der Waals surface area contributed by atoms with Crippen molar-refractivity contribution >= 4 is 23.4 Å². The quantitative estimate of drug-likeness (QED) is 0.502. The average Bonchev–Trinajstić information content (AvgIpc) is 3.28. The number of hydrogen-bond acceptors (Lipinski definition) is 5. The van der Waals surface area contributed by atoms with Crippen LogP contribution >= 0.6 is 11.3 Å². The van der Waals surface area contributed by atoms with Gasteiger partial charge in [0.05, 0.1) is 11.4 Å². The van der Waals surface area contributed by atoms with Crippen molar-refractivity contribution in [2.45, 2.75) is 6.54 Å². The number of nitrogens with zero attached hydrogens (tertiary/aromatic N) is 3. The Labute approximate surface area is 149 Å². The third-order valence-electron chi connectivity index (χ3n) is 3.41. The molecule has 0 amide bonds. The van der Waals surface area contributed by atoms with Gasteiger partial charge in [0, 0.05) is 17.8 Å². The van der Waals surface area contributed by atoms with Crippen LogP contribution in [0.2, 0.25) is 0 Å². The molecular formula is C19H15N3O2S. The van der Waals surface area contributed by atoms with Gasteiger partial charge in [0.2, 0.25) is 0 Å². The number of ether oxygens (including phenoxy) is 1. The third kappa shape index (κ3) is 4.43. The van der Waals surface area contributed by atoms with Gasteiger partial charge in [-0.15, -0.1) is 11.3 Å². The predicted molar refractivity (Wildman–Crippen MR) is 96.7 cm³/mol. The zero-order valence-electron chi connectivity index (χ0n) is 13.3. The van der Waals surface area contributed by atoms with E-state index in [1.165, 1.54) is 6.08 Å². The molecule has 1 aromatic carbocycles. The molecule has 0 aliphatic carbocycles. The highest BCUT2D eigenvalue weighted by molar-refractivity contribution is 7.13. The van der Waals surface area contributed by atoms with Gasteiger partial charge >= 0.3 is 5.97 Å². The second-order valence-electron chi connectivity index (χ2n) is 5.19. The molecule has 2 aromatic heterocycles. The summed E-state index contributed by atoms with van der Waals surface area (Å²) < 4.78 is 6.59. The fraction of sp³-hybridized carbons (Fsp3) is 0.105. The van der Waals surface area contributed by atoms with E-state index in [-0.39, 0.29) is 6.61 Å². The maximum atomic E-state index is 11.6. The predicted octanol–water partition coefficient (Wildman–Crippen LogP) is 3.74. The van der Waals surface area contributed by atoms with E-state index in [4.69, 9.17) is 10.00 Å². The molecule has 0 bridgehead atoms. The molecule has 0 fully saturated rings. The Bertz CT molecular complexity index is 906. The van der Waals surface area contributed by atoms with Crippen LogP contribution in [0.5, 0.6) is 0 Å². The molecular weight excluding hydrogens is 334 g/mol. The summed E-state index contributed by atoms with van der Waals surface area (Å²) >= 11 is 1.59. The van der Waals surface area contributed by atoms with Crippen LogP contribution in [0.25, 0.3) is 16.6 Å². The van der Waals surface area contributed by atoms with Gasteiger partial charge in [0.1, 0.15) is 11.8 Å². The summed E-state index contributed by atoms with van der Waals surface area (Å²) in [6, 6.07) is 15.8. The highest BCUT2D eigenvalue weighted by Gasteiger charge is 2.11. The maximum Gasteiger partial charge on any atom is 0.331 e. The van der Waals surface area contributed by atoms with Crippen molar-refractivity contribution in [1.82, 2.24) is 9.78 Å². The zero-order chi connectivity index (χ0) is 17.5. The number of carbonyl (C=O) groups is 1. The fourth-order valence-corrected chi connectivity index (χ4v) is 3.06. The molecule has 0 radical (unpaired) electrons. The van der Waals surface area contributed by atoms with Crippen LogP contribution in [-0.2, 0) is 16.1 Å². The van der Waals surface area contributed by atoms with Gasteiger partial charge in [0.25, 0.3) is 0 Å². The van der Waals surface area contributed by atoms with Gasteiger partial charge in [-0.05, 0) is 23.1 Å². The van der Waals surface area contributed by atoms with Crippen molar-refractivity contribution in [3.63, 3.8) is 0 Å². The first-order valence-electron chi connectivity index (χ1n) is 7.63. The van der Waals surface area contributed by atoms with E-state index >= 15 is 0 Å². The first-order valence-corrected chi connectivity index (χ1v) is 8.51. The lowest BCUT2D eigenvalue weighted by atomic mass is 10.2. The number of aromatic nitrogens is 2. The molecule has 5 nitrogen and oxygen atoms in total. The van der Waals surface area contributed by atoms with Crippen molar-refractivity contribution in [3.8, 4) is 16.6 Å². The van der Waals surface area contributed by atoms with E-state index in [1.54, 1.807) is 23.5 Å². The molecule has 0 saturated heterocycles. The molecule has 0 atom stereocenters. The molecule has 0 saturated carbocycles. The van der Waals surface area contributed by atoms with Crippen LogP contribution in [0, 0.1) is 11.3 Å². The number of esters is 1. The summed E-state index contributed by atoms with van der Waals surface area (Å²) in [7, 11) is 0. The summed E-state index contributed by atoms with van der Waals surface area (Å²) in [5.41, 5.74) is 2.79. The zero-order valence-corrected chi connectivity index (χ0v) is 14.1. The fourth-order valence-electron chi connectivity index (χ4n) is 2.32. The Hall–Kier alpha value is -3.17. The largest absolute Gasteiger partial charge is 0.447 e. The summed E-state index contributed by atoms with van der Waals surface area (Å²) in [6.07, 6.45) is 4.89. The van der Waals surface area contributed by atoms with Crippen molar-refractivity contribution in [2.75, 3.05) is 6.61 Å². The minimum absolute atomic E-state index is 0.256. The summed E-state index contributed by atoms with van der Waals surface area (Å²) in [4.78, 5) is 12.6. The summed E-state index contributed by atoms with van der Waals surface area (Å²) in [5, 5.41) is 15.1. The second kappa shape index (κ2) is 8.08. The number of benzene rings is 1. The highest BCUT2D eigenvalue weighted by atomic mass is 32.1. The summed E-state index contributed by atoms with van der Waals surface area (Å²) in [5.74, 6) is -0.547. The van der Waals surface area contributed by atoms with E-state index in [9.17, 15) is 4.79 Å². The highest BCUT2D eigenvalue weighted by Crippen LogP contribution is 2.27. The van der Waals surface area contributed by atoms with Crippen LogP contribution in [-0.4, -0.2) is 22.4 Å². The molecule has 25 heavy (non-hydrogen) atoms. The molecule has 0 unspecified atom stereocenters. The number of hydrogen-bond donors (Lipinski definition) is 0. The second-order valence-corrected chi connectivity index (χ2v) is 6.14. The van der Waals surface area contributed by atoms with Crippen molar-refractivity contribution in [3.05, 3.63) is 71.2 Å². The van der Waals surface area contributed by atoms with Crippen molar-refractivity contribution in [2.24, 2.45) is 0 Å². The molecule has 6 heteroatoms. The molecule has 0 spiro atoms. The molecule has 0 N–H and O–H groups in total. The van der Waals surface area contributed by atoms with Crippen molar-refractivity contribution in [1.29, 1.82) is 5.26 Å². The lowest BCUT2D eigenvalue weighted by molar-refractivity contribution is -0.136. The minimum Gasteiger partial charge on any atom is -0.447 e. The Balaban J connectivity index is 1.86. The third-order valence-corrected chi connectivity index (χ3v) is 4.29. The lowest BCUT2D eigenvalue weighted by Crippen LogP contribution is -2.00. The molecule has 3 aromatic rings. The molecule has 3 rings (SSSR count). The van der Waals surface area contributed by atoms with Gasteiger partial charge in [-0.1, -0.05) is 36.4 Å². The van der Waals surface area contributed by atoms with Crippen LogP contribution in [0.15, 0.2) is 60.1 Å². The minimum atomic E-state index is -0.547. The number of nitriles is 1. The SMILES string of the molecule is N#CCOC(=O)/C=C/c1cn(Cc2ccccc2)nc1-c1cccs1. The Morgan fingerprint density at radius 3 is 2.84 bits per heavy atom. The van der Waals surface area contributed by atoms with Gasteiger partial charge < -0.3 is 4.74 Å². The van der Waals surface area contributed by atoms with E-state index in [2.05, 4.69) is 5.10 Å². The Morgan fingerprint density at radius 2 is 2.12 bits per heavy atom. The van der Waals surface area contributed by atoms with Gasteiger partial charge in [-0.25, -0.2) is 4.79 Å². The molecule has 0 aliphatic rings. The standard InChI is InChI=1S/C19H15N3O2S/c20-10-11-24-18(23)9-8-16-14-22(13-15-5-2-1-3-6-15)21-19(16)17-7-4-12-25-17/h1-9,12,14H,11,13H2/b9-8+. The van der Waals surface area contributed by atoms with Crippen LogP contribution in [0.3, 0.4) is 0 Å². The number of carbonyl (C=O) groups excluding carboxylic acids is 1. The number of thiophene rings is 1. The average molecular weight is 349 g/mol. The van der Waals surface area contributed by atoms with E-state index in [0.717, 1.165) is 21.7 Å². The Morgan fingerprint density at radius 1 is 1.28 bits per heavy atom. The first-order chi connectivity index (χ1) is 12.3. The molecule has 0 aliphatic heterocycles. The van der Waals surface area contributed by atoms with Gasteiger partial charge in [0.15, 0.2) is 6.61 Å². The van der Waals surface area contributed by atoms with Gasteiger partial charge in [-0.2, -0.15) is 10.4 Å². The van der Waals surface area contributed by atoms with Crippen molar-refractivity contribution < 1.29 is 9.53 Å². The molecule has 124 valence electrons. The lowest BCUT2D eigenvalue weighted by Gasteiger charge is -2.00. The Kier molecular flexibility index (Phi) is 5.39. The topological polar surface area (TPSA) is 67.9 Å². The van der Waals surface area contributed by atoms with E-state index in [1.807, 2.05) is 58.7 Å². The van der Waals surface area contributed by atoms with Gasteiger partial charge in [-0.3, -0.25) is 4.68 Å². The van der Waals surface area contributed by atoms with Crippen LogP contribution < -0.4 is 0 Å².